The molecule has 3 atom stereocenters. The molecule has 1 heterocycles. The number of aliphatic hydroxyl groups excluding tert-OH is 1. The van der Waals surface area contributed by atoms with Crippen molar-refractivity contribution >= 4 is 17.5 Å². The van der Waals surface area contributed by atoms with Crippen LogP contribution in [0.15, 0.2) is 0 Å². The van der Waals surface area contributed by atoms with Gasteiger partial charge in [0, 0.05) is 30.5 Å². The summed E-state index contributed by atoms with van der Waals surface area (Å²) in [5, 5.41) is 9.06. The summed E-state index contributed by atoms with van der Waals surface area (Å²) < 4.78 is 11.2. The lowest BCUT2D eigenvalue weighted by atomic mass is 10.1. The Kier molecular flexibility index (Phi) is 4.69. The van der Waals surface area contributed by atoms with Gasteiger partial charge in [-0.05, 0) is 26.2 Å². The van der Waals surface area contributed by atoms with Crippen LogP contribution in [-0.4, -0.2) is 47.5 Å². The second-order valence-corrected chi connectivity index (χ2v) is 6.71. The van der Waals surface area contributed by atoms with Gasteiger partial charge in [-0.3, -0.25) is 4.79 Å². The first-order chi connectivity index (χ1) is 8.50. The summed E-state index contributed by atoms with van der Waals surface area (Å²) in [5.74, 6) is 1.88. The van der Waals surface area contributed by atoms with Crippen molar-refractivity contribution in [3.8, 4) is 0 Å². The first-order valence-corrected chi connectivity index (χ1v) is 7.68. The van der Waals surface area contributed by atoms with Crippen LogP contribution < -0.4 is 0 Å². The molecule has 2 fully saturated rings. The topological polar surface area (TPSA) is 55.8 Å². The van der Waals surface area contributed by atoms with E-state index in [1.165, 1.54) is 0 Å². The van der Waals surface area contributed by atoms with Gasteiger partial charge in [0.05, 0.1) is 12.7 Å². The number of thioether (sulfide) groups is 1. The van der Waals surface area contributed by atoms with Gasteiger partial charge in [0.1, 0.15) is 5.78 Å². The van der Waals surface area contributed by atoms with Crippen molar-refractivity contribution in [3.63, 3.8) is 0 Å². The molecule has 1 saturated carbocycles. The Morgan fingerprint density at radius 3 is 2.78 bits per heavy atom. The summed E-state index contributed by atoms with van der Waals surface area (Å²) in [5.41, 5.74) is 0. The van der Waals surface area contributed by atoms with Gasteiger partial charge in [0.2, 0.25) is 0 Å². The molecule has 2 rings (SSSR count). The summed E-state index contributed by atoms with van der Waals surface area (Å²) in [7, 11) is 0. The van der Waals surface area contributed by atoms with E-state index in [9.17, 15) is 4.79 Å². The van der Waals surface area contributed by atoms with E-state index in [1.807, 2.05) is 13.8 Å². The third kappa shape index (κ3) is 3.70. The number of hydrogen-bond donors (Lipinski definition) is 1. The molecule has 0 aromatic heterocycles. The molecule has 2 aliphatic rings. The second kappa shape index (κ2) is 5.90. The van der Waals surface area contributed by atoms with E-state index in [-0.39, 0.29) is 24.5 Å². The number of rotatable bonds is 5. The summed E-state index contributed by atoms with van der Waals surface area (Å²) in [6, 6.07) is 0. The van der Waals surface area contributed by atoms with E-state index in [1.54, 1.807) is 11.8 Å². The molecule has 0 radical (unpaired) electrons. The Bertz CT molecular complexity index is 305. The van der Waals surface area contributed by atoms with Crippen LogP contribution in [0.2, 0.25) is 0 Å². The number of ketones is 1. The molecule has 1 saturated heterocycles. The third-order valence-electron chi connectivity index (χ3n) is 3.51. The maximum absolute atomic E-state index is 11.7. The monoisotopic (exact) mass is 274 g/mol. The second-order valence-electron chi connectivity index (χ2n) is 5.64. The highest BCUT2D eigenvalue weighted by Gasteiger charge is 2.34. The standard InChI is InChI=1S/C13H22O4S/c1-13(2)16-6-11(17-13)8-18-7-10-3-9(5-14)4-12(10)15/h9-11,14H,3-8H2,1-2H3. The minimum absolute atomic E-state index is 0.127. The van der Waals surface area contributed by atoms with Crippen molar-refractivity contribution in [2.75, 3.05) is 24.7 Å². The highest BCUT2D eigenvalue weighted by molar-refractivity contribution is 7.99. The summed E-state index contributed by atoms with van der Waals surface area (Å²) >= 11 is 1.76. The SMILES string of the molecule is CC1(C)OCC(CSCC2CC(CO)CC2=O)O1. The minimum atomic E-state index is -0.462. The molecule has 104 valence electrons. The van der Waals surface area contributed by atoms with Crippen molar-refractivity contribution in [2.24, 2.45) is 11.8 Å². The number of carbonyl (C=O) groups excluding carboxylic acids is 1. The molecule has 0 aromatic rings. The van der Waals surface area contributed by atoms with Gasteiger partial charge in [-0.1, -0.05) is 0 Å². The number of carbonyl (C=O) groups is 1. The van der Waals surface area contributed by atoms with Gasteiger partial charge in [-0.2, -0.15) is 11.8 Å². The highest BCUT2D eigenvalue weighted by atomic mass is 32.2. The van der Waals surface area contributed by atoms with Crippen LogP contribution in [0.1, 0.15) is 26.7 Å². The molecule has 1 N–H and O–H groups in total. The Morgan fingerprint density at radius 1 is 1.44 bits per heavy atom. The largest absolute Gasteiger partial charge is 0.396 e. The Labute approximate surface area is 112 Å². The lowest BCUT2D eigenvalue weighted by molar-refractivity contribution is -0.135. The van der Waals surface area contributed by atoms with Crippen molar-refractivity contribution in [3.05, 3.63) is 0 Å². The van der Waals surface area contributed by atoms with Gasteiger partial charge in [-0.25, -0.2) is 0 Å². The van der Waals surface area contributed by atoms with E-state index >= 15 is 0 Å². The van der Waals surface area contributed by atoms with Crippen LogP contribution in [0.4, 0.5) is 0 Å². The number of Topliss-reactive ketones (excluding diaryl/α,β-unsaturated/α-hetero) is 1. The van der Waals surface area contributed by atoms with E-state index in [4.69, 9.17) is 14.6 Å². The van der Waals surface area contributed by atoms with Crippen LogP contribution in [0.5, 0.6) is 0 Å². The molecule has 3 unspecified atom stereocenters. The average molecular weight is 274 g/mol. The minimum Gasteiger partial charge on any atom is -0.396 e. The van der Waals surface area contributed by atoms with Gasteiger partial charge in [0.15, 0.2) is 5.79 Å². The molecular formula is C13H22O4S. The van der Waals surface area contributed by atoms with E-state index in [0.717, 1.165) is 17.9 Å². The lowest BCUT2D eigenvalue weighted by Crippen LogP contribution is -2.22. The van der Waals surface area contributed by atoms with E-state index in [2.05, 4.69) is 0 Å². The third-order valence-corrected chi connectivity index (χ3v) is 4.76. The van der Waals surface area contributed by atoms with Crippen LogP contribution in [0, 0.1) is 11.8 Å². The summed E-state index contributed by atoms with van der Waals surface area (Å²) in [6.07, 6.45) is 1.53. The molecule has 4 nitrogen and oxygen atoms in total. The number of aliphatic hydroxyl groups is 1. The van der Waals surface area contributed by atoms with Gasteiger partial charge >= 0.3 is 0 Å². The van der Waals surface area contributed by atoms with Crippen molar-refractivity contribution < 1.29 is 19.4 Å². The van der Waals surface area contributed by atoms with Gasteiger partial charge in [-0.15, -0.1) is 0 Å². The molecule has 1 aliphatic carbocycles. The van der Waals surface area contributed by atoms with Crippen LogP contribution in [0.3, 0.4) is 0 Å². The highest BCUT2D eigenvalue weighted by Crippen LogP contribution is 2.31. The van der Waals surface area contributed by atoms with Crippen molar-refractivity contribution in [1.82, 2.24) is 0 Å². The molecule has 1 aliphatic heterocycles. The predicted octanol–water partition coefficient (Wildman–Crippen LogP) is 1.46. The molecule has 0 bridgehead atoms. The number of ether oxygens (including phenoxy) is 2. The fourth-order valence-electron chi connectivity index (χ4n) is 2.56. The summed E-state index contributed by atoms with van der Waals surface area (Å²) in [6.45, 7) is 4.62. The Hall–Kier alpha value is -0.100. The zero-order valence-corrected chi connectivity index (χ0v) is 11.9. The molecule has 18 heavy (non-hydrogen) atoms. The zero-order valence-electron chi connectivity index (χ0n) is 11.1. The lowest BCUT2D eigenvalue weighted by Gasteiger charge is -2.17. The first-order valence-electron chi connectivity index (χ1n) is 6.53. The first kappa shape index (κ1) is 14.3. The quantitative estimate of drug-likeness (QED) is 0.822. The van der Waals surface area contributed by atoms with Crippen LogP contribution in [0.25, 0.3) is 0 Å². The fourth-order valence-corrected chi connectivity index (χ4v) is 3.73. The predicted molar refractivity (Wildman–Crippen MR) is 70.5 cm³/mol. The van der Waals surface area contributed by atoms with E-state index < -0.39 is 5.79 Å². The molecular weight excluding hydrogens is 252 g/mol. The Morgan fingerprint density at radius 2 is 2.22 bits per heavy atom. The molecule has 0 aromatic carbocycles. The Balaban J connectivity index is 1.66. The summed E-state index contributed by atoms with van der Waals surface area (Å²) in [4.78, 5) is 11.7. The van der Waals surface area contributed by atoms with Crippen LogP contribution in [-0.2, 0) is 14.3 Å². The van der Waals surface area contributed by atoms with Crippen molar-refractivity contribution in [1.29, 1.82) is 0 Å². The zero-order chi connectivity index (χ0) is 13.2. The maximum Gasteiger partial charge on any atom is 0.163 e. The number of hydrogen-bond acceptors (Lipinski definition) is 5. The molecule has 0 spiro atoms. The smallest absolute Gasteiger partial charge is 0.163 e. The normalized spacial score (nSPS) is 35.3. The average Bonchev–Trinajstić information content (AvgIpc) is 2.83. The van der Waals surface area contributed by atoms with Gasteiger partial charge in [0.25, 0.3) is 0 Å². The van der Waals surface area contributed by atoms with E-state index in [0.29, 0.717) is 18.8 Å². The molecule has 0 amide bonds. The molecule has 5 heteroatoms. The van der Waals surface area contributed by atoms with Gasteiger partial charge < -0.3 is 14.6 Å². The maximum atomic E-state index is 11.7. The van der Waals surface area contributed by atoms with Crippen molar-refractivity contribution in [2.45, 2.75) is 38.6 Å². The van der Waals surface area contributed by atoms with Crippen LogP contribution >= 0.6 is 11.8 Å². The fraction of sp³-hybridized carbons (Fsp3) is 0.923.